The van der Waals surface area contributed by atoms with Gasteiger partial charge >= 0.3 is 0 Å². The molecule has 1 fully saturated rings. The predicted molar refractivity (Wildman–Crippen MR) is 57.9 cm³/mol. The average molecular weight is 184 g/mol. The lowest BCUT2D eigenvalue weighted by Crippen LogP contribution is -2.38. The van der Waals surface area contributed by atoms with Gasteiger partial charge in [0.25, 0.3) is 0 Å². The lowest BCUT2D eigenvalue weighted by Gasteiger charge is -2.24. The minimum atomic E-state index is 0.619. The van der Waals surface area contributed by atoms with Crippen LogP contribution in [0.25, 0.3) is 0 Å². The van der Waals surface area contributed by atoms with Crippen LogP contribution < -0.4 is 10.6 Å². The van der Waals surface area contributed by atoms with Gasteiger partial charge in [-0.15, -0.1) is 0 Å². The monoisotopic (exact) mass is 184 g/mol. The number of hydrogen-bond acceptors (Lipinski definition) is 2. The van der Waals surface area contributed by atoms with Crippen molar-refractivity contribution in [2.24, 2.45) is 11.8 Å². The van der Waals surface area contributed by atoms with E-state index >= 15 is 0 Å². The van der Waals surface area contributed by atoms with Crippen LogP contribution in [0, 0.1) is 11.8 Å². The molecule has 0 aromatic rings. The highest BCUT2D eigenvalue weighted by Crippen LogP contribution is 2.20. The smallest absolute Gasteiger partial charge is 0.0131 e. The molecule has 1 rings (SSSR count). The van der Waals surface area contributed by atoms with Gasteiger partial charge in [-0.3, -0.25) is 0 Å². The Morgan fingerprint density at radius 3 is 2.54 bits per heavy atom. The Kier molecular flexibility index (Phi) is 4.20. The molecule has 0 radical (unpaired) electrons. The van der Waals surface area contributed by atoms with Crippen LogP contribution in [0.1, 0.15) is 34.1 Å². The topological polar surface area (TPSA) is 24.1 Å². The zero-order chi connectivity index (χ0) is 9.84. The van der Waals surface area contributed by atoms with Gasteiger partial charge in [0, 0.05) is 12.1 Å². The fourth-order valence-corrected chi connectivity index (χ4v) is 2.18. The molecule has 1 aliphatic rings. The summed E-state index contributed by atoms with van der Waals surface area (Å²) < 4.78 is 0. The van der Waals surface area contributed by atoms with Crippen LogP contribution in [0.15, 0.2) is 0 Å². The molecule has 0 saturated carbocycles. The molecule has 1 saturated heterocycles. The fraction of sp³-hybridized carbons (Fsp3) is 1.00. The minimum Gasteiger partial charge on any atom is -0.314 e. The molecule has 2 unspecified atom stereocenters. The van der Waals surface area contributed by atoms with Gasteiger partial charge in [-0.25, -0.2) is 0 Å². The second-order valence-corrected chi connectivity index (χ2v) is 4.84. The van der Waals surface area contributed by atoms with E-state index in [1.165, 1.54) is 19.5 Å². The lowest BCUT2D eigenvalue weighted by atomic mass is 9.91. The molecule has 0 aliphatic carbocycles. The van der Waals surface area contributed by atoms with Crippen molar-refractivity contribution in [3.05, 3.63) is 0 Å². The van der Waals surface area contributed by atoms with Crippen molar-refractivity contribution in [1.29, 1.82) is 0 Å². The van der Waals surface area contributed by atoms with Crippen molar-refractivity contribution in [3.63, 3.8) is 0 Å². The Labute approximate surface area is 82.5 Å². The van der Waals surface area contributed by atoms with Gasteiger partial charge in [0.05, 0.1) is 0 Å². The fourth-order valence-electron chi connectivity index (χ4n) is 2.18. The third-order valence-electron chi connectivity index (χ3n) is 2.91. The van der Waals surface area contributed by atoms with Gasteiger partial charge < -0.3 is 10.6 Å². The molecule has 0 amide bonds. The highest BCUT2D eigenvalue weighted by atomic mass is 15.0. The maximum Gasteiger partial charge on any atom is 0.0131 e. The maximum atomic E-state index is 3.59. The van der Waals surface area contributed by atoms with E-state index in [4.69, 9.17) is 0 Å². The first-order valence-corrected chi connectivity index (χ1v) is 5.58. The predicted octanol–water partition coefficient (Wildman–Crippen LogP) is 1.62. The molecule has 13 heavy (non-hydrogen) atoms. The summed E-state index contributed by atoms with van der Waals surface area (Å²) in [4.78, 5) is 0. The molecule has 2 atom stereocenters. The zero-order valence-electron chi connectivity index (χ0n) is 9.43. The quantitative estimate of drug-likeness (QED) is 0.694. The van der Waals surface area contributed by atoms with Gasteiger partial charge in [-0.05, 0) is 31.3 Å². The Balaban J connectivity index is 2.31. The summed E-state index contributed by atoms with van der Waals surface area (Å²) in [5.74, 6) is 1.60. The molecule has 0 bridgehead atoms. The van der Waals surface area contributed by atoms with Crippen LogP contribution in [-0.2, 0) is 0 Å². The van der Waals surface area contributed by atoms with Crippen LogP contribution in [0.2, 0.25) is 0 Å². The van der Waals surface area contributed by atoms with Crippen molar-refractivity contribution in [1.82, 2.24) is 10.6 Å². The van der Waals surface area contributed by atoms with Gasteiger partial charge in [0.1, 0.15) is 0 Å². The van der Waals surface area contributed by atoms with E-state index in [2.05, 4.69) is 38.3 Å². The summed E-state index contributed by atoms with van der Waals surface area (Å²) in [6, 6.07) is 1.35. The Hall–Kier alpha value is -0.0800. The third kappa shape index (κ3) is 3.28. The normalized spacial score (nSPS) is 29.1. The summed E-state index contributed by atoms with van der Waals surface area (Å²) in [6.07, 6.45) is 1.34. The molecular weight excluding hydrogens is 160 g/mol. The molecule has 1 heterocycles. The first-order valence-electron chi connectivity index (χ1n) is 5.58. The summed E-state index contributed by atoms with van der Waals surface area (Å²) in [7, 11) is 0. The van der Waals surface area contributed by atoms with Crippen LogP contribution in [0.3, 0.4) is 0 Å². The van der Waals surface area contributed by atoms with Crippen LogP contribution >= 0.6 is 0 Å². The molecule has 1 aliphatic heterocycles. The van der Waals surface area contributed by atoms with E-state index in [9.17, 15) is 0 Å². The first-order chi connectivity index (χ1) is 6.11. The summed E-state index contributed by atoms with van der Waals surface area (Å²) >= 11 is 0. The van der Waals surface area contributed by atoms with E-state index in [1.807, 2.05) is 0 Å². The van der Waals surface area contributed by atoms with Gasteiger partial charge in [0.15, 0.2) is 0 Å². The Morgan fingerprint density at radius 1 is 1.31 bits per heavy atom. The molecule has 2 N–H and O–H groups in total. The van der Waals surface area contributed by atoms with Crippen molar-refractivity contribution in [2.45, 2.75) is 46.2 Å². The maximum absolute atomic E-state index is 3.59. The lowest BCUT2D eigenvalue weighted by molar-refractivity contribution is 0.334. The molecule has 2 nitrogen and oxygen atoms in total. The second-order valence-electron chi connectivity index (χ2n) is 4.84. The van der Waals surface area contributed by atoms with Crippen molar-refractivity contribution in [2.75, 3.05) is 13.1 Å². The number of rotatable bonds is 4. The highest BCUT2D eigenvalue weighted by Gasteiger charge is 2.28. The van der Waals surface area contributed by atoms with E-state index in [1.54, 1.807) is 0 Å². The summed E-state index contributed by atoms with van der Waals surface area (Å²) in [5, 5.41) is 7.12. The second kappa shape index (κ2) is 4.97. The largest absolute Gasteiger partial charge is 0.314 e. The van der Waals surface area contributed by atoms with Crippen LogP contribution in [0.5, 0.6) is 0 Å². The van der Waals surface area contributed by atoms with E-state index < -0.39 is 0 Å². The standard InChI is InChI=1S/C11H24N2/c1-8(2)11-10(5-6-12-11)7-13-9(3)4/h8-13H,5-7H2,1-4H3. The number of hydrogen-bond donors (Lipinski definition) is 2. The summed E-state index contributed by atoms with van der Waals surface area (Å²) in [5.41, 5.74) is 0. The molecule has 2 heteroatoms. The average Bonchev–Trinajstić information content (AvgIpc) is 2.47. The van der Waals surface area contributed by atoms with Crippen molar-refractivity contribution in [3.8, 4) is 0 Å². The van der Waals surface area contributed by atoms with Gasteiger partial charge in [0.2, 0.25) is 0 Å². The van der Waals surface area contributed by atoms with Crippen LogP contribution in [-0.4, -0.2) is 25.2 Å². The Bertz CT molecular complexity index is 143. The van der Waals surface area contributed by atoms with Crippen molar-refractivity contribution < 1.29 is 0 Å². The first kappa shape index (κ1) is 11.0. The molecule has 0 aromatic heterocycles. The molecule has 0 aromatic carbocycles. The van der Waals surface area contributed by atoms with Gasteiger partial charge in [-0.2, -0.15) is 0 Å². The summed E-state index contributed by atoms with van der Waals surface area (Å²) in [6.45, 7) is 11.4. The van der Waals surface area contributed by atoms with Crippen molar-refractivity contribution >= 4 is 0 Å². The SMILES string of the molecule is CC(C)NCC1CCNC1C(C)C. The minimum absolute atomic E-state index is 0.619. The molecule has 0 spiro atoms. The third-order valence-corrected chi connectivity index (χ3v) is 2.91. The molecule has 78 valence electrons. The zero-order valence-corrected chi connectivity index (χ0v) is 9.43. The van der Waals surface area contributed by atoms with E-state index in [0.29, 0.717) is 6.04 Å². The van der Waals surface area contributed by atoms with Crippen LogP contribution in [0.4, 0.5) is 0 Å². The van der Waals surface area contributed by atoms with E-state index in [-0.39, 0.29) is 0 Å². The number of nitrogens with one attached hydrogen (secondary N) is 2. The highest BCUT2D eigenvalue weighted by molar-refractivity contribution is 4.87. The molecular formula is C11H24N2. The van der Waals surface area contributed by atoms with E-state index in [0.717, 1.165) is 17.9 Å². The van der Waals surface area contributed by atoms with Gasteiger partial charge in [-0.1, -0.05) is 27.7 Å². The Morgan fingerprint density at radius 2 is 2.00 bits per heavy atom.